The second-order valence-electron chi connectivity index (χ2n) is 8.67. The Morgan fingerprint density at radius 3 is 2.51 bits per heavy atom. The third-order valence-electron chi connectivity index (χ3n) is 5.79. The van der Waals surface area contributed by atoms with Gasteiger partial charge in [-0.3, -0.25) is 9.59 Å². The molecule has 1 heterocycles. The number of methoxy groups -OCH3 is 1. The molecule has 10 heteroatoms. The number of ether oxygens (including phenoxy) is 3. The monoisotopic (exact) mass is 593 g/mol. The number of carbonyl (C=O) groups excluding carboxylic acids is 3. The van der Waals surface area contributed by atoms with E-state index in [2.05, 4.69) is 26.6 Å². The van der Waals surface area contributed by atoms with Gasteiger partial charge in [0.05, 0.1) is 23.9 Å². The van der Waals surface area contributed by atoms with Crippen LogP contribution in [0.1, 0.15) is 23.6 Å². The zero-order chi connectivity index (χ0) is 27.9. The number of benzene rings is 3. The molecule has 0 aliphatic carbocycles. The first kappa shape index (κ1) is 27.7. The zero-order valence-corrected chi connectivity index (χ0v) is 23.3. The number of aryl methyl sites for hydroxylation is 1. The minimum atomic E-state index is -0.691. The molecule has 9 nitrogen and oxygen atoms in total. The van der Waals surface area contributed by atoms with Crippen LogP contribution in [0.5, 0.6) is 17.2 Å². The Labute approximate surface area is 234 Å². The van der Waals surface area contributed by atoms with Crippen LogP contribution in [0.15, 0.2) is 70.8 Å². The molecular weight excluding hydrogens is 566 g/mol. The number of hydrogen-bond donors (Lipinski definition) is 2. The highest BCUT2D eigenvalue weighted by molar-refractivity contribution is 9.10. The topological polar surface area (TPSA) is 106 Å². The van der Waals surface area contributed by atoms with Gasteiger partial charge in [-0.1, -0.05) is 42.0 Å². The van der Waals surface area contributed by atoms with E-state index in [9.17, 15) is 14.4 Å². The number of nitrogens with zero attached hydrogens (tertiary/aromatic N) is 1. The summed E-state index contributed by atoms with van der Waals surface area (Å²) >= 11 is 3.54. The quantitative estimate of drug-likeness (QED) is 0.245. The van der Waals surface area contributed by atoms with Crippen molar-refractivity contribution < 1.29 is 28.6 Å². The number of anilines is 1. The van der Waals surface area contributed by atoms with Crippen LogP contribution in [0.2, 0.25) is 0 Å². The summed E-state index contributed by atoms with van der Waals surface area (Å²) in [7, 11) is 1.48. The Kier molecular flexibility index (Phi) is 8.88. The molecular formula is C29H28BrN3O6. The summed E-state index contributed by atoms with van der Waals surface area (Å²) in [5.41, 5.74) is 3.24. The van der Waals surface area contributed by atoms with Gasteiger partial charge in [-0.05, 0) is 71.2 Å². The lowest BCUT2D eigenvalue weighted by molar-refractivity contribution is -0.127. The first-order chi connectivity index (χ1) is 18.8. The number of halogens is 1. The fraction of sp³-hybridized carbons (Fsp3) is 0.207. The van der Waals surface area contributed by atoms with Crippen LogP contribution < -0.4 is 24.8 Å². The molecule has 1 fully saturated rings. The standard InChI is InChI=1S/C29H28BrN3O6/c1-4-38-25-15-20(13-21(30)27(25)39-17-19-11-9-18(2)10-12-19)14-23-28(35)33(29(36)32-23)16-26(34)31-22-7-5-6-8-24(22)37-3/h5-15H,4,16-17H2,1-3H3,(H,31,34)(H,32,36)/b23-14+. The van der Waals surface area contributed by atoms with Crippen LogP contribution in [0.25, 0.3) is 6.08 Å². The van der Waals surface area contributed by atoms with Crippen LogP contribution in [0, 0.1) is 6.92 Å². The number of nitrogens with one attached hydrogen (secondary N) is 2. The summed E-state index contributed by atoms with van der Waals surface area (Å²) in [6, 6.07) is 17.7. The van der Waals surface area contributed by atoms with Crippen molar-refractivity contribution >= 4 is 45.5 Å². The molecule has 0 aromatic heterocycles. The summed E-state index contributed by atoms with van der Waals surface area (Å²) < 4.78 is 17.7. The summed E-state index contributed by atoms with van der Waals surface area (Å²) in [5.74, 6) is 0.307. The number of carbonyl (C=O) groups is 3. The van der Waals surface area contributed by atoms with Gasteiger partial charge in [-0.15, -0.1) is 0 Å². The predicted octanol–water partition coefficient (Wildman–Crippen LogP) is 5.28. The molecule has 39 heavy (non-hydrogen) atoms. The Bertz CT molecular complexity index is 1420. The first-order valence-electron chi connectivity index (χ1n) is 12.2. The van der Waals surface area contributed by atoms with Gasteiger partial charge < -0.3 is 24.8 Å². The van der Waals surface area contributed by atoms with Gasteiger partial charge in [0.15, 0.2) is 11.5 Å². The number of hydrogen-bond acceptors (Lipinski definition) is 6. The van der Waals surface area contributed by atoms with E-state index in [-0.39, 0.29) is 5.70 Å². The summed E-state index contributed by atoms with van der Waals surface area (Å²) in [6.07, 6.45) is 1.52. The van der Waals surface area contributed by atoms with Gasteiger partial charge in [0.2, 0.25) is 5.91 Å². The molecule has 1 aliphatic rings. The minimum Gasteiger partial charge on any atom is -0.495 e. The SMILES string of the molecule is CCOc1cc(/C=C2/NC(=O)N(CC(=O)Nc3ccccc3OC)C2=O)cc(Br)c1OCc1ccc(C)cc1. The van der Waals surface area contributed by atoms with Gasteiger partial charge in [0.25, 0.3) is 5.91 Å². The number of para-hydroxylation sites is 2. The van der Waals surface area contributed by atoms with Gasteiger partial charge >= 0.3 is 6.03 Å². The maximum absolute atomic E-state index is 13.0. The van der Waals surface area contributed by atoms with E-state index < -0.39 is 24.4 Å². The van der Waals surface area contributed by atoms with E-state index in [4.69, 9.17) is 14.2 Å². The van der Waals surface area contributed by atoms with Crippen molar-refractivity contribution in [2.45, 2.75) is 20.5 Å². The van der Waals surface area contributed by atoms with Crippen LogP contribution in [-0.2, 0) is 16.2 Å². The number of imide groups is 1. The summed E-state index contributed by atoms with van der Waals surface area (Å²) in [4.78, 5) is 38.9. The van der Waals surface area contributed by atoms with Gasteiger partial charge in [-0.2, -0.15) is 0 Å². The third kappa shape index (κ3) is 6.77. The fourth-order valence-corrected chi connectivity index (χ4v) is 4.45. The molecule has 4 rings (SSSR count). The molecule has 0 radical (unpaired) electrons. The largest absolute Gasteiger partial charge is 0.495 e. The summed E-state index contributed by atoms with van der Waals surface area (Å²) in [6.45, 7) is 4.17. The first-order valence-corrected chi connectivity index (χ1v) is 13.0. The predicted molar refractivity (Wildman–Crippen MR) is 151 cm³/mol. The zero-order valence-electron chi connectivity index (χ0n) is 21.7. The van der Waals surface area contributed by atoms with E-state index in [0.29, 0.717) is 46.2 Å². The lowest BCUT2D eigenvalue weighted by Gasteiger charge is -2.15. The maximum Gasteiger partial charge on any atom is 0.329 e. The molecule has 0 atom stereocenters. The fourth-order valence-electron chi connectivity index (χ4n) is 3.88. The molecule has 2 N–H and O–H groups in total. The Morgan fingerprint density at radius 1 is 1.05 bits per heavy atom. The lowest BCUT2D eigenvalue weighted by atomic mass is 10.1. The van der Waals surface area contributed by atoms with Crippen LogP contribution in [0.4, 0.5) is 10.5 Å². The molecule has 0 bridgehead atoms. The molecule has 4 amide bonds. The van der Waals surface area contributed by atoms with E-state index in [1.165, 1.54) is 13.2 Å². The molecule has 0 unspecified atom stereocenters. The third-order valence-corrected chi connectivity index (χ3v) is 6.38. The number of amides is 4. The van der Waals surface area contributed by atoms with E-state index in [1.807, 2.05) is 38.1 Å². The van der Waals surface area contributed by atoms with Crippen molar-refractivity contribution in [2.75, 3.05) is 25.6 Å². The van der Waals surface area contributed by atoms with Crippen molar-refractivity contribution in [3.8, 4) is 17.2 Å². The number of urea groups is 1. The van der Waals surface area contributed by atoms with Crippen LogP contribution >= 0.6 is 15.9 Å². The van der Waals surface area contributed by atoms with Crippen molar-refractivity contribution in [1.29, 1.82) is 0 Å². The van der Waals surface area contributed by atoms with Crippen molar-refractivity contribution in [3.63, 3.8) is 0 Å². The summed E-state index contributed by atoms with van der Waals surface area (Å²) in [5, 5.41) is 5.20. The normalized spacial score (nSPS) is 13.8. The second-order valence-corrected chi connectivity index (χ2v) is 9.52. The highest BCUT2D eigenvalue weighted by atomic mass is 79.9. The highest BCUT2D eigenvalue weighted by Crippen LogP contribution is 2.38. The van der Waals surface area contributed by atoms with Crippen LogP contribution in [-0.4, -0.2) is 43.0 Å². The molecule has 202 valence electrons. The van der Waals surface area contributed by atoms with Gasteiger partial charge in [-0.25, -0.2) is 9.69 Å². The highest BCUT2D eigenvalue weighted by Gasteiger charge is 2.35. The number of rotatable bonds is 10. The van der Waals surface area contributed by atoms with Crippen molar-refractivity contribution in [3.05, 3.63) is 87.5 Å². The Balaban J connectivity index is 1.49. The van der Waals surface area contributed by atoms with Crippen molar-refractivity contribution in [2.24, 2.45) is 0 Å². The Hall–Kier alpha value is -4.31. The maximum atomic E-state index is 13.0. The average molecular weight is 594 g/mol. The molecule has 0 spiro atoms. The minimum absolute atomic E-state index is 0.0350. The van der Waals surface area contributed by atoms with Crippen LogP contribution in [0.3, 0.4) is 0 Å². The Morgan fingerprint density at radius 2 is 1.79 bits per heavy atom. The van der Waals surface area contributed by atoms with E-state index in [0.717, 1.165) is 16.0 Å². The molecule has 3 aromatic rings. The smallest absolute Gasteiger partial charge is 0.329 e. The average Bonchev–Trinajstić information content (AvgIpc) is 3.16. The lowest BCUT2D eigenvalue weighted by Crippen LogP contribution is -2.38. The van der Waals surface area contributed by atoms with Gasteiger partial charge in [0, 0.05) is 0 Å². The van der Waals surface area contributed by atoms with E-state index >= 15 is 0 Å². The van der Waals surface area contributed by atoms with Crippen molar-refractivity contribution in [1.82, 2.24) is 10.2 Å². The molecule has 1 saturated heterocycles. The molecule has 0 saturated carbocycles. The molecule has 1 aliphatic heterocycles. The van der Waals surface area contributed by atoms with E-state index in [1.54, 1.807) is 36.4 Å². The second kappa shape index (κ2) is 12.5. The molecule has 3 aromatic carbocycles. The van der Waals surface area contributed by atoms with Gasteiger partial charge in [0.1, 0.15) is 24.6 Å².